The fourth-order valence-corrected chi connectivity index (χ4v) is 5.01. The Morgan fingerprint density at radius 3 is 2.39 bits per heavy atom. The molecule has 4 rings (SSSR count). The second-order valence-corrected chi connectivity index (χ2v) is 9.94. The number of carbonyl (C=O) groups is 2. The monoisotopic (exact) mass is 481 g/mol. The maximum Gasteiger partial charge on any atom is 0.291 e. The molecule has 0 unspecified atom stereocenters. The lowest BCUT2D eigenvalue weighted by Crippen LogP contribution is -2.26. The molecule has 2 aromatic carbocycles. The molecule has 0 spiro atoms. The highest BCUT2D eigenvalue weighted by Gasteiger charge is 2.22. The Hall–Kier alpha value is -3.89. The van der Waals surface area contributed by atoms with Crippen LogP contribution >= 0.6 is 11.3 Å². The number of thiophene rings is 1. The van der Waals surface area contributed by atoms with Crippen molar-refractivity contribution >= 4 is 49.6 Å². The van der Waals surface area contributed by atoms with Gasteiger partial charge in [-0.1, -0.05) is 24.3 Å². The molecule has 0 aliphatic rings. The highest BCUT2D eigenvalue weighted by atomic mass is 32.2. The van der Waals surface area contributed by atoms with Gasteiger partial charge in [0.2, 0.25) is 0 Å². The number of furan rings is 1. The minimum atomic E-state index is -3.82. The molecule has 0 saturated heterocycles. The van der Waals surface area contributed by atoms with Gasteiger partial charge in [0.1, 0.15) is 0 Å². The molecule has 0 aliphatic heterocycles. The van der Waals surface area contributed by atoms with Crippen LogP contribution in [0.4, 0.5) is 16.4 Å². The van der Waals surface area contributed by atoms with Crippen molar-refractivity contribution in [3.05, 3.63) is 95.8 Å². The number of benzene rings is 2. The summed E-state index contributed by atoms with van der Waals surface area (Å²) < 4.78 is 32.2. The van der Waals surface area contributed by atoms with E-state index >= 15 is 0 Å². The predicted molar refractivity (Wildman–Crippen MR) is 127 cm³/mol. The van der Waals surface area contributed by atoms with E-state index < -0.39 is 21.8 Å². The highest BCUT2D eigenvalue weighted by molar-refractivity contribution is 7.92. The molecular weight excluding hydrogens is 462 g/mol. The number of carbonyl (C=O) groups excluding carboxylic acids is 2. The van der Waals surface area contributed by atoms with Crippen molar-refractivity contribution in [2.24, 2.45) is 0 Å². The van der Waals surface area contributed by atoms with Gasteiger partial charge < -0.3 is 15.1 Å². The molecule has 0 radical (unpaired) electrons. The minimum absolute atomic E-state index is 0.0456. The summed E-state index contributed by atoms with van der Waals surface area (Å²) in [6.45, 7) is 0. The van der Waals surface area contributed by atoms with Crippen LogP contribution in [0.25, 0.3) is 0 Å². The summed E-state index contributed by atoms with van der Waals surface area (Å²) in [4.78, 5) is 25.1. The first-order chi connectivity index (χ1) is 15.8. The SMILES string of the molecule is CN(c1ccccc1)S(=O)(=O)c1cccc(NC(=O)c2ccc(NC(=O)c3ccco3)s2)c1. The first kappa shape index (κ1) is 22.3. The third-order valence-electron chi connectivity index (χ3n) is 4.68. The number of hydrogen-bond donors (Lipinski definition) is 2. The molecule has 168 valence electrons. The Labute approximate surface area is 194 Å². The number of hydrogen-bond acceptors (Lipinski definition) is 6. The number of amides is 2. The molecule has 0 bridgehead atoms. The van der Waals surface area contributed by atoms with Crippen molar-refractivity contribution in [2.75, 3.05) is 22.0 Å². The molecule has 33 heavy (non-hydrogen) atoms. The van der Waals surface area contributed by atoms with Gasteiger partial charge in [0.05, 0.1) is 26.7 Å². The molecule has 2 amide bonds. The van der Waals surface area contributed by atoms with Gasteiger partial charge in [0.25, 0.3) is 21.8 Å². The molecule has 4 aromatic rings. The zero-order valence-electron chi connectivity index (χ0n) is 17.4. The zero-order chi connectivity index (χ0) is 23.4. The van der Waals surface area contributed by atoms with Crippen LogP contribution < -0.4 is 14.9 Å². The lowest BCUT2D eigenvalue weighted by molar-refractivity contribution is 0.0995. The van der Waals surface area contributed by atoms with Gasteiger partial charge in [-0.2, -0.15) is 0 Å². The molecule has 8 nitrogen and oxygen atoms in total. The van der Waals surface area contributed by atoms with Gasteiger partial charge in [-0.05, 0) is 54.6 Å². The van der Waals surface area contributed by atoms with E-state index in [1.54, 1.807) is 60.7 Å². The lowest BCUT2D eigenvalue weighted by Gasteiger charge is -2.19. The number of sulfonamides is 1. The Balaban J connectivity index is 1.47. The van der Waals surface area contributed by atoms with Crippen molar-refractivity contribution in [1.29, 1.82) is 0 Å². The van der Waals surface area contributed by atoms with Crippen LogP contribution in [0.1, 0.15) is 20.2 Å². The topological polar surface area (TPSA) is 109 Å². The average molecular weight is 482 g/mol. The molecule has 0 atom stereocenters. The molecule has 2 aromatic heterocycles. The van der Waals surface area contributed by atoms with Crippen LogP contribution in [-0.2, 0) is 10.0 Å². The minimum Gasteiger partial charge on any atom is -0.459 e. The Kier molecular flexibility index (Phi) is 6.29. The van der Waals surface area contributed by atoms with E-state index in [2.05, 4.69) is 10.6 Å². The van der Waals surface area contributed by atoms with E-state index in [-0.39, 0.29) is 10.7 Å². The summed E-state index contributed by atoms with van der Waals surface area (Å²) >= 11 is 1.09. The fourth-order valence-electron chi connectivity index (χ4n) is 2.97. The summed E-state index contributed by atoms with van der Waals surface area (Å²) in [5, 5.41) is 5.84. The Morgan fingerprint density at radius 1 is 0.879 bits per heavy atom. The molecule has 0 saturated carbocycles. The second kappa shape index (κ2) is 9.31. The van der Waals surface area contributed by atoms with E-state index in [4.69, 9.17) is 4.42 Å². The van der Waals surface area contributed by atoms with E-state index in [0.717, 1.165) is 11.3 Å². The van der Waals surface area contributed by atoms with Crippen LogP contribution in [0.2, 0.25) is 0 Å². The maximum atomic E-state index is 13.0. The summed E-state index contributed by atoms with van der Waals surface area (Å²) in [5.74, 6) is -0.688. The number of nitrogens with one attached hydrogen (secondary N) is 2. The van der Waals surface area contributed by atoms with Gasteiger partial charge in [-0.3, -0.25) is 13.9 Å². The predicted octanol–water partition coefficient (Wildman–Crippen LogP) is 4.67. The normalized spacial score (nSPS) is 11.1. The third-order valence-corrected chi connectivity index (χ3v) is 7.46. The van der Waals surface area contributed by atoms with Crippen molar-refractivity contribution in [2.45, 2.75) is 4.90 Å². The molecule has 10 heteroatoms. The van der Waals surface area contributed by atoms with Crippen LogP contribution in [0.3, 0.4) is 0 Å². The highest BCUT2D eigenvalue weighted by Crippen LogP contribution is 2.26. The largest absolute Gasteiger partial charge is 0.459 e. The van der Waals surface area contributed by atoms with Crippen molar-refractivity contribution in [3.8, 4) is 0 Å². The number of anilines is 3. The summed E-state index contributed by atoms with van der Waals surface area (Å²) in [5.41, 5.74) is 0.853. The van der Waals surface area contributed by atoms with Crippen LogP contribution in [0.5, 0.6) is 0 Å². The van der Waals surface area contributed by atoms with Crippen LogP contribution in [-0.4, -0.2) is 27.3 Å². The van der Waals surface area contributed by atoms with Gasteiger partial charge in [0, 0.05) is 12.7 Å². The van der Waals surface area contributed by atoms with Crippen LogP contribution in [0.15, 0.2) is 94.4 Å². The maximum absolute atomic E-state index is 13.0. The molecule has 2 N–H and O–H groups in total. The summed E-state index contributed by atoms with van der Waals surface area (Å²) in [6, 6.07) is 21.1. The van der Waals surface area contributed by atoms with Crippen molar-refractivity contribution < 1.29 is 22.4 Å². The lowest BCUT2D eigenvalue weighted by atomic mass is 10.3. The first-order valence-corrected chi connectivity index (χ1v) is 12.0. The Morgan fingerprint density at radius 2 is 1.67 bits per heavy atom. The van der Waals surface area contributed by atoms with E-state index in [1.165, 1.54) is 35.8 Å². The van der Waals surface area contributed by atoms with Gasteiger partial charge in [-0.25, -0.2) is 8.42 Å². The fraction of sp³-hybridized carbons (Fsp3) is 0.0435. The average Bonchev–Trinajstić information content (AvgIpc) is 3.52. The smallest absolute Gasteiger partial charge is 0.291 e. The van der Waals surface area contributed by atoms with E-state index in [1.807, 2.05) is 0 Å². The number of nitrogens with zero attached hydrogens (tertiary/aromatic N) is 1. The van der Waals surface area contributed by atoms with Crippen LogP contribution in [0, 0.1) is 0 Å². The number of para-hydroxylation sites is 1. The molecular formula is C23H19N3O5S2. The molecule has 0 fully saturated rings. The quantitative estimate of drug-likeness (QED) is 0.399. The van der Waals surface area contributed by atoms with Gasteiger partial charge >= 0.3 is 0 Å². The van der Waals surface area contributed by atoms with E-state index in [0.29, 0.717) is 21.3 Å². The van der Waals surface area contributed by atoms with E-state index in [9.17, 15) is 18.0 Å². The third kappa shape index (κ3) is 4.97. The molecule has 2 heterocycles. The summed E-state index contributed by atoms with van der Waals surface area (Å²) in [7, 11) is -2.35. The van der Waals surface area contributed by atoms with Crippen molar-refractivity contribution in [1.82, 2.24) is 0 Å². The molecule has 0 aliphatic carbocycles. The summed E-state index contributed by atoms with van der Waals surface area (Å²) in [6.07, 6.45) is 1.40. The second-order valence-electron chi connectivity index (χ2n) is 6.89. The van der Waals surface area contributed by atoms with Crippen molar-refractivity contribution in [3.63, 3.8) is 0 Å². The zero-order valence-corrected chi connectivity index (χ0v) is 19.0. The first-order valence-electron chi connectivity index (χ1n) is 9.75. The standard InChI is InChI=1S/C23H19N3O5S2/c1-26(17-8-3-2-4-9-17)33(29,30)18-10-5-7-16(15-18)24-23(28)20-12-13-21(32-20)25-22(27)19-11-6-14-31-19/h2-15H,1H3,(H,24,28)(H,25,27). The number of rotatable bonds is 7. The van der Waals surface area contributed by atoms with Gasteiger partial charge in [-0.15, -0.1) is 11.3 Å². The van der Waals surface area contributed by atoms with Gasteiger partial charge in [0.15, 0.2) is 5.76 Å². The Bertz CT molecular complexity index is 1380.